The predicted octanol–water partition coefficient (Wildman–Crippen LogP) is 4.94. The normalized spacial score (nSPS) is 11.5. The van der Waals surface area contributed by atoms with Crippen LogP contribution in [0.15, 0.2) is 60.7 Å². The molecule has 0 saturated carbocycles. The highest BCUT2D eigenvalue weighted by molar-refractivity contribution is 8.30. The number of thiophene rings is 1. The molecule has 0 unspecified atom stereocenters. The molecule has 1 nitrogen and oxygen atoms in total. The standard InChI is InChI=1S/C20H19OPS2/c1-14-15(2)24-16(3)19(14)20(21)22(23,17-10-6-4-7-11-17)18-12-8-5-9-13-18/h4-13H,1-3H3. The van der Waals surface area contributed by atoms with Crippen LogP contribution in [0.1, 0.15) is 25.7 Å². The second kappa shape index (κ2) is 6.76. The van der Waals surface area contributed by atoms with Gasteiger partial charge in [-0.3, -0.25) is 4.79 Å². The maximum absolute atomic E-state index is 13.7. The molecule has 0 fully saturated rings. The molecule has 4 heteroatoms. The van der Waals surface area contributed by atoms with E-state index in [4.69, 9.17) is 11.8 Å². The minimum Gasteiger partial charge on any atom is -0.287 e. The van der Waals surface area contributed by atoms with Crippen LogP contribution in [0.25, 0.3) is 0 Å². The zero-order valence-corrected chi connectivity index (χ0v) is 16.5. The first-order chi connectivity index (χ1) is 11.5. The highest BCUT2D eigenvalue weighted by atomic mass is 32.4. The summed E-state index contributed by atoms with van der Waals surface area (Å²) < 4.78 is 0. The van der Waals surface area contributed by atoms with Crippen molar-refractivity contribution in [2.45, 2.75) is 20.8 Å². The summed E-state index contributed by atoms with van der Waals surface area (Å²) in [6.45, 7) is 6.12. The van der Waals surface area contributed by atoms with Crippen molar-refractivity contribution < 1.29 is 4.79 Å². The van der Waals surface area contributed by atoms with E-state index in [0.717, 1.165) is 26.6 Å². The van der Waals surface area contributed by atoms with Crippen molar-refractivity contribution in [3.63, 3.8) is 0 Å². The van der Waals surface area contributed by atoms with Crippen LogP contribution in [0, 0.1) is 20.8 Å². The largest absolute Gasteiger partial charge is 0.287 e. The summed E-state index contributed by atoms with van der Waals surface area (Å²) in [5.41, 5.74) is 2.01. The monoisotopic (exact) mass is 370 g/mol. The van der Waals surface area contributed by atoms with Crippen molar-refractivity contribution in [2.24, 2.45) is 0 Å². The molecule has 0 atom stereocenters. The molecule has 0 bridgehead atoms. The van der Waals surface area contributed by atoms with Crippen molar-refractivity contribution in [1.29, 1.82) is 0 Å². The van der Waals surface area contributed by atoms with E-state index in [9.17, 15) is 4.79 Å². The first-order valence-corrected chi connectivity index (χ1v) is 11.4. The Morgan fingerprint density at radius 1 is 0.833 bits per heavy atom. The maximum Gasteiger partial charge on any atom is 0.203 e. The lowest BCUT2D eigenvalue weighted by Crippen LogP contribution is -2.23. The van der Waals surface area contributed by atoms with Gasteiger partial charge in [0.1, 0.15) is 0 Å². The minimum atomic E-state index is -2.58. The minimum absolute atomic E-state index is 0.106. The van der Waals surface area contributed by atoms with Gasteiger partial charge in [0.05, 0.1) is 6.04 Å². The van der Waals surface area contributed by atoms with Gasteiger partial charge in [0.15, 0.2) is 0 Å². The van der Waals surface area contributed by atoms with Gasteiger partial charge in [-0.25, -0.2) is 0 Å². The van der Waals surface area contributed by atoms with Gasteiger partial charge in [-0.05, 0) is 36.9 Å². The number of hydrogen-bond donors (Lipinski definition) is 0. The van der Waals surface area contributed by atoms with Crippen LogP contribution in [0.2, 0.25) is 0 Å². The van der Waals surface area contributed by atoms with E-state index in [1.807, 2.05) is 74.5 Å². The molecule has 0 amide bonds. The fourth-order valence-electron chi connectivity index (χ4n) is 2.93. The Kier molecular flexibility index (Phi) is 4.87. The molecule has 1 heterocycles. The lowest BCUT2D eigenvalue weighted by Gasteiger charge is -2.22. The molecule has 0 N–H and O–H groups in total. The Morgan fingerprint density at radius 2 is 1.29 bits per heavy atom. The molecule has 1 aromatic heterocycles. The average molecular weight is 370 g/mol. The SMILES string of the molecule is Cc1sc(C)c(C(=O)P(=S)(c2ccccc2)c2ccccc2)c1C. The number of aryl methyl sites for hydroxylation is 2. The number of rotatable bonds is 4. The second-order valence-corrected chi connectivity index (χ2v) is 11.5. The number of benzene rings is 2. The highest BCUT2D eigenvalue weighted by Gasteiger charge is 2.34. The van der Waals surface area contributed by atoms with Crippen molar-refractivity contribution >= 4 is 45.3 Å². The average Bonchev–Trinajstić information content (AvgIpc) is 2.87. The summed E-state index contributed by atoms with van der Waals surface area (Å²) in [5.74, 6) is 0. The van der Waals surface area contributed by atoms with Crippen molar-refractivity contribution in [3.05, 3.63) is 81.5 Å². The molecule has 0 radical (unpaired) electrons. The van der Waals surface area contributed by atoms with Crippen LogP contribution in [-0.4, -0.2) is 5.52 Å². The molecule has 0 spiro atoms. The summed E-state index contributed by atoms with van der Waals surface area (Å²) in [5, 5.41) is 1.91. The predicted molar refractivity (Wildman–Crippen MR) is 109 cm³/mol. The quantitative estimate of drug-likeness (QED) is 0.605. The molecular formula is C20H19OPS2. The number of hydrogen-bond acceptors (Lipinski definition) is 3. The summed E-state index contributed by atoms with van der Waals surface area (Å²) in [4.78, 5) is 15.9. The topological polar surface area (TPSA) is 17.1 Å². The van der Waals surface area contributed by atoms with Crippen molar-refractivity contribution in [2.75, 3.05) is 0 Å². The zero-order chi connectivity index (χ0) is 17.3. The fourth-order valence-corrected chi connectivity index (χ4v) is 7.67. The van der Waals surface area contributed by atoms with E-state index in [2.05, 4.69) is 6.92 Å². The third-order valence-corrected chi connectivity index (χ3v) is 10.0. The van der Waals surface area contributed by atoms with Crippen LogP contribution in [0.4, 0.5) is 0 Å². The highest BCUT2D eigenvalue weighted by Crippen LogP contribution is 2.49. The molecule has 0 aliphatic rings. The molecule has 0 aliphatic carbocycles. The van der Waals surface area contributed by atoms with E-state index < -0.39 is 6.04 Å². The van der Waals surface area contributed by atoms with E-state index in [1.165, 1.54) is 4.88 Å². The summed E-state index contributed by atoms with van der Waals surface area (Å²) in [7, 11) is 0. The molecule has 24 heavy (non-hydrogen) atoms. The lowest BCUT2D eigenvalue weighted by atomic mass is 10.1. The van der Waals surface area contributed by atoms with E-state index in [1.54, 1.807) is 11.3 Å². The van der Waals surface area contributed by atoms with Gasteiger partial charge in [-0.1, -0.05) is 72.5 Å². The van der Waals surface area contributed by atoms with Gasteiger partial charge in [0.2, 0.25) is 5.52 Å². The Labute approximate surface area is 152 Å². The fraction of sp³-hybridized carbons (Fsp3) is 0.150. The van der Waals surface area contributed by atoms with E-state index in [-0.39, 0.29) is 5.52 Å². The smallest absolute Gasteiger partial charge is 0.203 e. The van der Waals surface area contributed by atoms with Crippen LogP contribution >= 0.6 is 17.4 Å². The number of carbonyl (C=O) groups is 1. The molecule has 3 aromatic rings. The van der Waals surface area contributed by atoms with Gasteiger partial charge in [-0.2, -0.15) is 0 Å². The van der Waals surface area contributed by atoms with Gasteiger partial charge < -0.3 is 0 Å². The summed E-state index contributed by atoms with van der Waals surface area (Å²) in [6.07, 6.45) is 0. The molecular weight excluding hydrogens is 351 g/mol. The first kappa shape index (κ1) is 17.3. The Bertz CT molecular complexity index is 884. The summed E-state index contributed by atoms with van der Waals surface area (Å²) in [6, 6.07) is 17.2. The van der Waals surface area contributed by atoms with Crippen LogP contribution in [-0.2, 0) is 11.8 Å². The molecule has 122 valence electrons. The van der Waals surface area contributed by atoms with E-state index in [0.29, 0.717) is 0 Å². The van der Waals surface area contributed by atoms with Gasteiger partial charge >= 0.3 is 0 Å². The molecule has 2 aromatic carbocycles. The van der Waals surface area contributed by atoms with Crippen molar-refractivity contribution in [1.82, 2.24) is 0 Å². The molecule has 0 aliphatic heterocycles. The Hall–Kier alpha value is -1.54. The van der Waals surface area contributed by atoms with Gasteiger partial charge in [0, 0.05) is 15.3 Å². The first-order valence-electron chi connectivity index (χ1n) is 7.79. The summed E-state index contributed by atoms with van der Waals surface area (Å²) >= 11 is 7.82. The van der Waals surface area contributed by atoms with Crippen LogP contribution < -0.4 is 10.6 Å². The zero-order valence-electron chi connectivity index (χ0n) is 13.9. The van der Waals surface area contributed by atoms with E-state index >= 15 is 0 Å². The van der Waals surface area contributed by atoms with Gasteiger partial charge in [-0.15, -0.1) is 11.3 Å². The third kappa shape index (κ3) is 2.82. The lowest BCUT2D eigenvalue weighted by molar-refractivity contribution is 0.108. The molecule has 3 rings (SSSR count). The van der Waals surface area contributed by atoms with Crippen molar-refractivity contribution in [3.8, 4) is 0 Å². The molecule has 0 saturated heterocycles. The maximum atomic E-state index is 13.7. The Balaban J connectivity index is 2.27. The second-order valence-electron chi connectivity index (χ2n) is 5.80. The number of carbonyl (C=O) groups excluding carboxylic acids is 1. The Morgan fingerprint density at radius 3 is 1.67 bits per heavy atom. The van der Waals surface area contributed by atoms with Crippen LogP contribution in [0.3, 0.4) is 0 Å². The third-order valence-electron chi connectivity index (χ3n) is 4.30. The van der Waals surface area contributed by atoms with Crippen LogP contribution in [0.5, 0.6) is 0 Å². The van der Waals surface area contributed by atoms with Gasteiger partial charge in [0.25, 0.3) is 0 Å².